The zero-order valence-electron chi connectivity index (χ0n) is 18.7. The van der Waals surface area contributed by atoms with Crippen molar-refractivity contribution < 1.29 is 9.59 Å². The van der Waals surface area contributed by atoms with Gasteiger partial charge < -0.3 is 10.2 Å². The average Bonchev–Trinajstić information content (AvgIpc) is 3.29. The number of aromatic nitrogens is 2. The first-order valence-corrected chi connectivity index (χ1v) is 12.0. The molecule has 6 nitrogen and oxygen atoms in total. The van der Waals surface area contributed by atoms with Crippen molar-refractivity contribution in [1.82, 2.24) is 14.7 Å². The second-order valence-corrected chi connectivity index (χ2v) is 9.44. The molecule has 7 heteroatoms. The molecule has 5 rings (SSSR count). The van der Waals surface area contributed by atoms with Crippen molar-refractivity contribution in [3.63, 3.8) is 0 Å². The van der Waals surface area contributed by atoms with Crippen molar-refractivity contribution in [1.29, 1.82) is 0 Å². The van der Waals surface area contributed by atoms with Gasteiger partial charge >= 0.3 is 0 Å². The molecule has 1 N–H and O–H groups in total. The number of nitrogens with zero attached hydrogens (tertiary/aromatic N) is 3. The van der Waals surface area contributed by atoms with Gasteiger partial charge in [-0.3, -0.25) is 9.59 Å². The first-order chi connectivity index (χ1) is 16.6. The highest BCUT2D eigenvalue weighted by Crippen LogP contribution is 2.37. The Balaban J connectivity index is 1.35. The smallest absolute Gasteiger partial charge is 0.238 e. The minimum absolute atomic E-state index is 0.0847. The molecule has 1 aromatic heterocycles. The van der Waals surface area contributed by atoms with Gasteiger partial charge in [0, 0.05) is 42.2 Å². The van der Waals surface area contributed by atoms with Gasteiger partial charge in [0.05, 0.1) is 22.3 Å². The van der Waals surface area contributed by atoms with Crippen LogP contribution in [-0.2, 0) is 16.1 Å². The molecular weight excluding hydrogens is 444 g/mol. The lowest BCUT2D eigenvalue weighted by molar-refractivity contribution is -0.131. The Bertz CT molecular complexity index is 1320. The molecule has 0 saturated carbocycles. The van der Waals surface area contributed by atoms with E-state index >= 15 is 0 Å². The molecule has 0 fully saturated rings. The fraction of sp³-hybridized carbons (Fsp3) is 0.148. The fourth-order valence-corrected chi connectivity index (χ4v) is 5.06. The van der Waals surface area contributed by atoms with Gasteiger partial charge in [0.25, 0.3) is 0 Å². The molecule has 0 bridgehead atoms. The van der Waals surface area contributed by atoms with Gasteiger partial charge in [-0.05, 0) is 24.3 Å². The highest BCUT2D eigenvalue weighted by atomic mass is 32.2. The summed E-state index contributed by atoms with van der Waals surface area (Å²) in [6.07, 6.45) is 2.11. The van der Waals surface area contributed by atoms with E-state index in [0.29, 0.717) is 6.54 Å². The van der Waals surface area contributed by atoms with Crippen LogP contribution in [0.15, 0.2) is 96.0 Å². The van der Waals surface area contributed by atoms with Crippen LogP contribution in [0.4, 0.5) is 5.69 Å². The standard InChI is InChI=1S/C27H24N4O2S/c1-30(25(32)16-24-27(33)28-22-14-8-9-15-23(22)34-24)17-20-18-31(21-12-6-3-7-13-21)29-26(20)19-10-4-2-5-11-19/h2-15,18,24H,16-17H2,1H3,(H,28,33)/t24-/m1/s1. The van der Waals surface area contributed by atoms with E-state index in [9.17, 15) is 9.59 Å². The summed E-state index contributed by atoms with van der Waals surface area (Å²) >= 11 is 1.44. The molecule has 1 atom stereocenters. The maximum atomic E-state index is 13.1. The molecule has 34 heavy (non-hydrogen) atoms. The number of carbonyl (C=O) groups is 2. The first kappa shape index (κ1) is 22.0. The van der Waals surface area contributed by atoms with Gasteiger partial charge in [-0.15, -0.1) is 11.8 Å². The van der Waals surface area contributed by atoms with Gasteiger partial charge in [0.1, 0.15) is 0 Å². The van der Waals surface area contributed by atoms with E-state index in [2.05, 4.69) is 5.32 Å². The maximum absolute atomic E-state index is 13.1. The van der Waals surface area contributed by atoms with Crippen LogP contribution in [0.5, 0.6) is 0 Å². The number of amides is 2. The third-order valence-corrected chi connectivity index (χ3v) is 7.03. The van der Waals surface area contributed by atoms with Gasteiger partial charge in [-0.25, -0.2) is 4.68 Å². The van der Waals surface area contributed by atoms with E-state index in [0.717, 1.165) is 33.1 Å². The number of carbonyl (C=O) groups excluding carboxylic acids is 2. The van der Waals surface area contributed by atoms with E-state index in [1.54, 1.807) is 11.9 Å². The molecule has 2 heterocycles. The number of thioether (sulfide) groups is 1. The number of anilines is 1. The van der Waals surface area contributed by atoms with Crippen molar-refractivity contribution in [2.75, 3.05) is 12.4 Å². The summed E-state index contributed by atoms with van der Waals surface area (Å²) in [4.78, 5) is 28.3. The predicted octanol–water partition coefficient (Wildman–Crippen LogP) is 5.00. The second kappa shape index (κ2) is 9.57. The first-order valence-electron chi connectivity index (χ1n) is 11.1. The largest absolute Gasteiger partial charge is 0.341 e. The van der Waals surface area contributed by atoms with Gasteiger partial charge in [0.2, 0.25) is 11.8 Å². The molecule has 3 aromatic carbocycles. The monoisotopic (exact) mass is 468 g/mol. The predicted molar refractivity (Wildman–Crippen MR) is 135 cm³/mol. The molecule has 0 unspecified atom stereocenters. The number of hydrogen-bond acceptors (Lipinski definition) is 4. The van der Waals surface area contributed by atoms with Gasteiger partial charge in [-0.1, -0.05) is 60.7 Å². The molecule has 1 aliphatic heterocycles. The summed E-state index contributed by atoms with van der Waals surface area (Å²) in [5.74, 6) is -0.217. The number of nitrogens with one attached hydrogen (secondary N) is 1. The Hall–Kier alpha value is -3.84. The van der Waals surface area contributed by atoms with Gasteiger partial charge in [-0.2, -0.15) is 5.10 Å². The zero-order valence-corrected chi connectivity index (χ0v) is 19.5. The lowest BCUT2D eigenvalue weighted by atomic mass is 10.1. The molecule has 0 radical (unpaired) electrons. The Morgan fingerprint density at radius 3 is 2.44 bits per heavy atom. The number of hydrogen-bond donors (Lipinski definition) is 1. The lowest BCUT2D eigenvalue weighted by Gasteiger charge is -2.25. The molecular formula is C27H24N4O2S. The fourth-order valence-electron chi connectivity index (χ4n) is 3.96. The third kappa shape index (κ3) is 4.61. The number of para-hydroxylation sites is 2. The van der Waals surface area contributed by atoms with Crippen molar-refractivity contribution in [3.05, 3.63) is 96.7 Å². The number of benzene rings is 3. The van der Waals surface area contributed by atoms with Crippen LogP contribution in [0.3, 0.4) is 0 Å². The molecule has 2 amide bonds. The molecule has 170 valence electrons. The van der Waals surface area contributed by atoms with Crippen molar-refractivity contribution in [3.8, 4) is 16.9 Å². The van der Waals surface area contributed by atoms with Crippen LogP contribution in [0.1, 0.15) is 12.0 Å². The van der Waals surface area contributed by atoms with E-state index in [1.807, 2.05) is 95.8 Å². The van der Waals surface area contributed by atoms with E-state index in [-0.39, 0.29) is 18.2 Å². The summed E-state index contributed by atoms with van der Waals surface area (Å²) in [6, 6.07) is 27.5. The van der Waals surface area contributed by atoms with Crippen molar-refractivity contribution in [2.24, 2.45) is 0 Å². The number of rotatable bonds is 6. The molecule has 0 saturated heterocycles. The third-order valence-electron chi connectivity index (χ3n) is 5.76. The molecule has 0 aliphatic carbocycles. The van der Waals surface area contributed by atoms with Crippen LogP contribution < -0.4 is 5.32 Å². The summed E-state index contributed by atoms with van der Waals surface area (Å²) in [7, 11) is 1.77. The molecule has 4 aromatic rings. The van der Waals surface area contributed by atoms with Crippen LogP contribution in [-0.4, -0.2) is 38.8 Å². The van der Waals surface area contributed by atoms with Crippen molar-refractivity contribution >= 4 is 29.3 Å². The highest BCUT2D eigenvalue weighted by molar-refractivity contribution is 8.01. The van der Waals surface area contributed by atoms with E-state index in [1.165, 1.54) is 11.8 Å². The SMILES string of the molecule is CN(Cc1cn(-c2ccccc2)nc1-c1ccccc1)C(=O)C[C@H]1Sc2ccccc2NC1=O. The highest BCUT2D eigenvalue weighted by Gasteiger charge is 2.30. The molecule has 0 spiro atoms. The van der Waals surface area contributed by atoms with Crippen molar-refractivity contribution in [2.45, 2.75) is 23.1 Å². The zero-order chi connectivity index (χ0) is 23.5. The minimum Gasteiger partial charge on any atom is -0.341 e. The van der Waals surface area contributed by atoms with Crippen LogP contribution in [0.25, 0.3) is 16.9 Å². The van der Waals surface area contributed by atoms with Crippen LogP contribution in [0, 0.1) is 0 Å². The maximum Gasteiger partial charge on any atom is 0.238 e. The van der Waals surface area contributed by atoms with E-state index < -0.39 is 5.25 Å². The van der Waals surface area contributed by atoms with E-state index in [4.69, 9.17) is 5.10 Å². The summed E-state index contributed by atoms with van der Waals surface area (Å²) in [5.41, 5.74) is 4.52. The Kier molecular flexibility index (Phi) is 6.18. The normalized spacial score (nSPS) is 14.9. The average molecular weight is 469 g/mol. The van der Waals surface area contributed by atoms with Gasteiger partial charge in [0.15, 0.2) is 0 Å². The second-order valence-electron chi connectivity index (χ2n) is 8.19. The Morgan fingerprint density at radius 2 is 1.68 bits per heavy atom. The lowest BCUT2D eigenvalue weighted by Crippen LogP contribution is -2.35. The Labute approximate surface area is 202 Å². The topological polar surface area (TPSA) is 67.2 Å². The summed E-state index contributed by atoms with van der Waals surface area (Å²) < 4.78 is 1.84. The summed E-state index contributed by atoms with van der Waals surface area (Å²) in [5, 5.41) is 7.29. The van der Waals surface area contributed by atoms with Crippen LogP contribution in [0.2, 0.25) is 0 Å². The molecule has 1 aliphatic rings. The van der Waals surface area contributed by atoms with Crippen LogP contribution >= 0.6 is 11.8 Å². The summed E-state index contributed by atoms with van der Waals surface area (Å²) in [6.45, 7) is 0.394. The Morgan fingerprint density at radius 1 is 1.00 bits per heavy atom. The number of fused-ring (bicyclic) bond motifs is 1. The quantitative estimate of drug-likeness (QED) is 0.432. The minimum atomic E-state index is -0.453.